The summed E-state index contributed by atoms with van der Waals surface area (Å²) < 4.78 is 0. The number of hydrogen-bond acceptors (Lipinski definition) is 2. The SMILES string of the molecule is C/C=C(/C=C(/C#N)C(=O)NC)C1CC1.CC. The summed E-state index contributed by atoms with van der Waals surface area (Å²) >= 11 is 0. The van der Waals surface area contributed by atoms with Gasteiger partial charge in [0.15, 0.2) is 0 Å². The van der Waals surface area contributed by atoms with Gasteiger partial charge in [-0.25, -0.2) is 0 Å². The maximum atomic E-state index is 11.2. The quantitative estimate of drug-likeness (QED) is 0.451. The number of nitriles is 1. The lowest BCUT2D eigenvalue weighted by Gasteiger charge is -1.99. The molecule has 3 nitrogen and oxygen atoms in total. The molecule has 1 aliphatic carbocycles. The Morgan fingerprint density at radius 3 is 2.31 bits per heavy atom. The zero-order chi connectivity index (χ0) is 12.6. The maximum Gasteiger partial charge on any atom is 0.261 e. The second-order valence-electron chi connectivity index (χ2n) is 3.31. The lowest BCUT2D eigenvalue weighted by atomic mass is 10.1. The van der Waals surface area contributed by atoms with Gasteiger partial charge in [0.05, 0.1) is 0 Å². The number of rotatable bonds is 3. The lowest BCUT2D eigenvalue weighted by molar-refractivity contribution is -0.116. The number of likely N-dealkylation sites (N-methyl/N-ethyl adjacent to an activating group) is 1. The average molecular weight is 220 g/mol. The van der Waals surface area contributed by atoms with Crippen molar-refractivity contribution in [1.82, 2.24) is 5.32 Å². The first-order valence-electron chi connectivity index (χ1n) is 5.73. The highest BCUT2D eigenvalue weighted by molar-refractivity contribution is 5.97. The van der Waals surface area contributed by atoms with Gasteiger partial charge < -0.3 is 5.32 Å². The fourth-order valence-electron chi connectivity index (χ4n) is 1.30. The van der Waals surface area contributed by atoms with Crippen LogP contribution in [0.2, 0.25) is 0 Å². The standard InChI is InChI=1S/C11H14N2O.C2H6/c1-3-8(9-4-5-9)6-10(7-12)11(14)13-2;1-2/h3,6,9H,4-5H2,1-2H3,(H,13,14);1-2H3/b8-3-,10-6-;. The van der Waals surface area contributed by atoms with Crippen LogP contribution >= 0.6 is 0 Å². The van der Waals surface area contributed by atoms with Gasteiger partial charge in [-0.3, -0.25) is 4.79 Å². The molecule has 1 aliphatic rings. The molecule has 88 valence electrons. The van der Waals surface area contributed by atoms with E-state index in [9.17, 15) is 4.79 Å². The first-order valence-corrected chi connectivity index (χ1v) is 5.73. The molecule has 0 heterocycles. The van der Waals surface area contributed by atoms with Gasteiger partial charge >= 0.3 is 0 Å². The molecule has 0 aromatic rings. The lowest BCUT2D eigenvalue weighted by Crippen LogP contribution is -2.19. The summed E-state index contributed by atoms with van der Waals surface area (Å²) in [6.07, 6.45) is 6.00. The van der Waals surface area contributed by atoms with E-state index in [1.165, 1.54) is 19.9 Å². The first kappa shape index (κ1) is 14.4. The third kappa shape index (κ3) is 4.31. The van der Waals surface area contributed by atoms with E-state index in [4.69, 9.17) is 5.26 Å². The van der Waals surface area contributed by atoms with Gasteiger partial charge in [-0.15, -0.1) is 0 Å². The van der Waals surface area contributed by atoms with Crippen LogP contribution in [0, 0.1) is 17.2 Å². The van der Waals surface area contributed by atoms with Crippen molar-refractivity contribution >= 4 is 5.91 Å². The van der Waals surface area contributed by atoms with Crippen LogP contribution in [0.15, 0.2) is 23.3 Å². The Bertz CT molecular complexity index is 330. The van der Waals surface area contributed by atoms with Gasteiger partial charge in [0.2, 0.25) is 0 Å². The Hall–Kier alpha value is -1.56. The number of allylic oxidation sites excluding steroid dienone is 3. The van der Waals surface area contributed by atoms with Gasteiger partial charge in [-0.05, 0) is 37.3 Å². The van der Waals surface area contributed by atoms with Crippen LogP contribution in [0.3, 0.4) is 0 Å². The van der Waals surface area contributed by atoms with Crippen molar-refractivity contribution in [1.29, 1.82) is 5.26 Å². The van der Waals surface area contributed by atoms with E-state index < -0.39 is 0 Å². The summed E-state index contributed by atoms with van der Waals surface area (Å²) in [5.41, 5.74) is 1.29. The van der Waals surface area contributed by atoms with Crippen molar-refractivity contribution < 1.29 is 4.79 Å². The summed E-state index contributed by atoms with van der Waals surface area (Å²) in [6.45, 7) is 5.93. The molecule has 1 amide bonds. The third-order valence-electron chi connectivity index (χ3n) is 2.29. The minimum absolute atomic E-state index is 0.188. The number of carbonyl (C=O) groups excluding carboxylic acids is 1. The zero-order valence-corrected chi connectivity index (χ0v) is 10.5. The van der Waals surface area contributed by atoms with Crippen LogP contribution in [0.4, 0.5) is 0 Å². The van der Waals surface area contributed by atoms with Gasteiger partial charge in [-0.2, -0.15) is 5.26 Å². The predicted octanol–water partition coefficient (Wildman–Crippen LogP) is 2.56. The molecule has 0 aromatic carbocycles. The minimum Gasteiger partial charge on any atom is -0.354 e. The van der Waals surface area contributed by atoms with Crippen LogP contribution in [-0.4, -0.2) is 13.0 Å². The van der Waals surface area contributed by atoms with E-state index in [0.717, 1.165) is 5.57 Å². The second-order valence-corrected chi connectivity index (χ2v) is 3.31. The van der Waals surface area contributed by atoms with Gasteiger partial charge in [0.25, 0.3) is 5.91 Å². The third-order valence-corrected chi connectivity index (χ3v) is 2.29. The van der Waals surface area contributed by atoms with Crippen LogP contribution in [0.25, 0.3) is 0 Å². The normalized spacial score (nSPS) is 15.7. The molecule has 0 radical (unpaired) electrons. The molecule has 0 aliphatic heterocycles. The van der Waals surface area contributed by atoms with E-state index in [2.05, 4.69) is 5.32 Å². The van der Waals surface area contributed by atoms with Crippen molar-refractivity contribution in [2.45, 2.75) is 33.6 Å². The number of amides is 1. The highest BCUT2D eigenvalue weighted by atomic mass is 16.1. The Labute approximate surface area is 97.8 Å². The van der Waals surface area contributed by atoms with Crippen LogP contribution in [0.5, 0.6) is 0 Å². The summed E-state index contributed by atoms with van der Waals surface area (Å²) in [7, 11) is 1.53. The summed E-state index contributed by atoms with van der Waals surface area (Å²) in [5.74, 6) is 0.250. The van der Waals surface area contributed by atoms with Crippen molar-refractivity contribution in [3.63, 3.8) is 0 Å². The molecule has 3 heteroatoms. The smallest absolute Gasteiger partial charge is 0.261 e. The summed E-state index contributed by atoms with van der Waals surface area (Å²) in [4.78, 5) is 11.2. The molecule has 0 spiro atoms. The maximum absolute atomic E-state index is 11.2. The van der Waals surface area contributed by atoms with E-state index in [0.29, 0.717) is 5.92 Å². The zero-order valence-electron chi connectivity index (χ0n) is 10.5. The summed E-state index contributed by atoms with van der Waals surface area (Å²) in [5, 5.41) is 11.2. The van der Waals surface area contributed by atoms with Gasteiger partial charge in [0, 0.05) is 7.05 Å². The highest BCUT2D eigenvalue weighted by Crippen LogP contribution is 2.37. The molecule has 0 saturated heterocycles. The molecule has 1 saturated carbocycles. The van der Waals surface area contributed by atoms with Crippen LogP contribution in [0.1, 0.15) is 33.6 Å². The molecular formula is C13H20N2O. The van der Waals surface area contributed by atoms with Crippen molar-refractivity contribution in [3.8, 4) is 6.07 Å². The van der Waals surface area contributed by atoms with Crippen LogP contribution in [-0.2, 0) is 4.79 Å². The second kappa shape index (κ2) is 7.70. The Morgan fingerprint density at radius 1 is 1.44 bits per heavy atom. The molecule has 1 rings (SSSR count). The Kier molecular flexibility index (Phi) is 6.95. The number of nitrogens with one attached hydrogen (secondary N) is 1. The minimum atomic E-state index is -0.312. The molecule has 0 atom stereocenters. The van der Waals surface area contributed by atoms with E-state index >= 15 is 0 Å². The molecular weight excluding hydrogens is 200 g/mol. The monoisotopic (exact) mass is 220 g/mol. The fraction of sp³-hybridized carbons (Fsp3) is 0.538. The molecule has 1 fully saturated rings. The van der Waals surface area contributed by atoms with Gasteiger partial charge in [0.1, 0.15) is 11.6 Å². The van der Waals surface area contributed by atoms with Crippen molar-refractivity contribution in [3.05, 3.63) is 23.3 Å². The molecule has 0 aromatic heterocycles. The van der Waals surface area contributed by atoms with E-state index in [1.807, 2.05) is 32.9 Å². The largest absolute Gasteiger partial charge is 0.354 e. The molecule has 0 bridgehead atoms. The van der Waals surface area contributed by atoms with Crippen molar-refractivity contribution in [2.24, 2.45) is 5.92 Å². The Balaban J connectivity index is 0.00000106. The number of carbonyl (C=O) groups is 1. The fourth-order valence-corrected chi connectivity index (χ4v) is 1.30. The first-order chi connectivity index (χ1) is 7.72. The molecule has 1 N–H and O–H groups in total. The molecule has 0 unspecified atom stereocenters. The topological polar surface area (TPSA) is 52.9 Å². The average Bonchev–Trinajstić information content (AvgIpc) is 3.16. The Morgan fingerprint density at radius 2 is 2.00 bits per heavy atom. The molecule has 16 heavy (non-hydrogen) atoms. The van der Waals surface area contributed by atoms with Crippen LogP contribution < -0.4 is 5.32 Å². The predicted molar refractivity (Wildman–Crippen MR) is 65.6 cm³/mol. The number of nitrogens with zero attached hydrogens (tertiary/aromatic N) is 1. The summed E-state index contributed by atoms with van der Waals surface area (Å²) in [6, 6.07) is 1.91. The van der Waals surface area contributed by atoms with E-state index in [-0.39, 0.29) is 11.5 Å². The van der Waals surface area contributed by atoms with Gasteiger partial charge in [-0.1, -0.05) is 19.9 Å². The number of hydrogen-bond donors (Lipinski definition) is 1. The van der Waals surface area contributed by atoms with Crippen molar-refractivity contribution in [2.75, 3.05) is 7.05 Å². The highest BCUT2D eigenvalue weighted by Gasteiger charge is 2.24. The van der Waals surface area contributed by atoms with E-state index in [1.54, 1.807) is 6.08 Å².